The fraction of sp³-hybridized carbons (Fsp3) is 0.444. The summed E-state index contributed by atoms with van der Waals surface area (Å²) in [5, 5.41) is 0.989. The first kappa shape index (κ1) is 19.5. The Morgan fingerprint density at radius 3 is 2.89 bits per heavy atom. The standard InChI is InChI=1S/C18H25N5O3S/c1-2-3-12-27(24,25)21-8-10-26-11-9-23-13-20-16-17(23)14-6-4-5-7-15(14)22-18(16)19/h4-7,13,21H,2-3,8-12H2,1H3,(H2,19,22). The van der Waals surface area contributed by atoms with Crippen LogP contribution < -0.4 is 10.5 Å². The maximum atomic E-state index is 11.7. The zero-order valence-electron chi connectivity index (χ0n) is 15.4. The van der Waals surface area contributed by atoms with Crippen molar-refractivity contribution in [3.63, 3.8) is 0 Å². The van der Waals surface area contributed by atoms with Gasteiger partial charge in [-0.1, -0.05) is 31.5 Å². The van der Waals surface area contributed by atoms with Gasteiger partial charge in [-0.25, -0.2) is 23.1 Å². The van der Waals surface area contributed by atoms with Crippen LogP contribution in [-0.4, -0.2) is 48.5 Å². The van der Waals surface area contributed by atoms with E-state index >= 15 is 0 Å². The first-order valence-corrected chi connectivity index (χ1v) is 10.7. The van der Waals surface area contributed by atoms with Gasteiger partial charge in [0.15, 0.2) is 5.82 Å². The van der Waals surface area contributed by atoms with Crippen molar-refractivity contribution in [2.24, 2.45) is 0 Å². The smallest absolute Gasteiger partial charge is 0.211 e. The highest BCUT2D eigenvalue weighted by Gasteiger charge is 2.12. The van der Waals surface area contributed by atoms with Crippen LogP contribution in [0.4, 0.5) is 5.82 Å². The fourth-order valence-corrected chi connectivity index (χ4v) is 4.12. The lowest BCUT2D eigenvalue weighted by molar-refractivity contribution is 0.132. The van der Waals surface area contributed by atoms with Crippen molar-refractivity contribution in [2.75, 3.05) is 31.2 Å². The summed E-state index contributed by atoms with van der Waals surface area (Å²) >= 11 is 0. The Morgan fingerprint density at radius 1 is 1.26 bits per heavy atom. The Kier molecular flexibility index (Phi) is 6.25. The molecule has 146 valence electrons. The second-order valence-electron chi connectivity index (χ2n) is 6.33. The molecule has 27 heavy (non-hydrogen) atoms. The number of hydrogen-bond acceptors (Lipinski definition) is 6. The molecule has 0 radical (unpaired) electrons. The predicted molar refractivity (Wildman–Crippen MR) is 107 cm³/mol. The average molecular weight is 391 g/mol. The van der Waals surface area contributed by atoms with Crippen molar-refractivity contribution in [3.8, 4) is 0 Å². The van der Waals surface area contributed by atoms with Crippen LogP contribution in [0.1, 0.15) is 19.8 Å². The van der Waals surface area contributed by atoms with Crippen LogP contribution >= 0.6 is 0 Å². The number of nitrogens with one attached hydrogen (secondary N) is 1. The largest absolute Gasteiger partial charge is 0.382 e. The Labute approximate surface area is 158 Å². The number of anilines is 1. The molecule has 8 nitrogen and oxygen atoms in total. The van der Waals surface area contributed by atoms with E-state index in [4.69, 9.17) is 10.5 Å². The van der Waals surface area contributed by atoms with Crippen LogP contribution in [0.5, 0.6) is 0 Å². The van der Waals surface area contributed by atoms with Crippen LogP contribution in [0.3, 0.4) is 0 Å². The third-order valence-corrected chi connectivity index (χ3v) is 5.76. The number of unbranched alkanes of at least 4 members (excludes halogenated alkanes) is 1. The minimum Gasteiger partial charge on any atom is -0.382 e. The van der Waals surface area contributed by atoms with Gasteiger partial charge in [0.1, 0.15) is 5.52 Å². The summed E-state index contributed by atoms with van der Waals surface area (Å²) in [6, 6.07) is 7.79. The molecule has 2 aromatic heterocycles. The van der Waals surface area contributed by atoms with Gasteiger partial charge in [0.05, 0.1) is 36.3 Å². The Hall–Kier alpha value is -2.23. The summed E-state index contributed by atoms with van der Waals surface area (Å²) in [4.78, 5) is 8.76. The molecule has 0 amide bonds. The van der Waals surface area contributed by atoms with Gasteiger partial charge < -0.3 is 15.0 Å². The van der Waals surface area contributed by atoms with Crippen molar-refractivity contribution < 1.29 is 13.2 Å². The molecule has 0 aliphatic heterocycles. The number of hydrogen-bond donors (Lipinski definition) is 2. The van der Waals surface area contributed by atoms with E-state index < -0.39 is 10.0 Å². The Balaban J connectivity index is 1.57. The highest BCUT2D eigenvalue weighted by atomic mass is 32.2. The molecule has 0 bridgehead atoms. The molecule has 0 aliphatic carbocycles. The summed E-state index contributed by atoms with van der Waals surface area (Å²) in [7, 11) is -3.20. The predicted octanol–water partition coefficient (Wildman–Crippen LogP) is 1.90. The topological polar surface area (TPSA) is 112 Å². The number of imidazole rings is 1. The zero-order valence-corrected chi connectivity index (χ0v) is 16.2. The number of nitrogens with zero attached hydrogens (tertiary/aromatic N) is 3. The lowest BCUT2D eigenvalue weighted by Crippen LogP contribution is -2.29. The quantitative estimate of drug-likeness (QED) is 0.511. The lowest BCUT2D eigenvalue weighted by Gasteiger charge is -2.09. The zero-order chi connectivity index (χ0) is 19.3. The van der Waals surface area contributed by atoms with E-state index in [-0.39, 0.29) is 12.3 Å². The van der Waals surface area contributed by atoms with Gasteiger partial charge in [0.25, 0.3) is 0 Å². The van der Waals surface area contributed by atoms with Gasteiger partial charge in [-0.3, -0.25) is 0 Å². The monoisotopic (exact) mass is 391 g/mol. The molecule has 0 fully saturated rings. The van der Waals surface area contributed by atoms with Crippen molar-refractivity contribution in [2.45, 2.75) is 26.3 Å². The number of pyridine rings is 1. The third-order valence-electron chi connectivity index (χ3n) is 4.29. The number of benzene rings is 1. The van der Waals surface area contributed by atoms with Gasteiger partial charge in [-0.15, -0.1) is 0 Å². The average Bonchev–Trinajstić information content (AvgIpc) is 3.08. The number of ether oxygens (including phenoxy) is 1. The van der Waals surface area contributed by atoms with Crippen LogP contribution in [0.15, 0.2) is 30.6 Å². The number of para-hydroxylation sites is 1. The second-order valence-corrected chi connectivity index (χ2v) is 8.25. The highest BCUT2D eigenvalue weighted by Crippen LogP contribution is 2.26. The van der Waals surface area contributed by atoms with Crippen LogP contribution in [0, 0.1) is 0 Å². The third kappa shape index (κ3) is 4.74. The molecule has 3 aromatic rings. The Bertz CT molecular complexity index is 1020. The summed E-state index contributed by atoms with van der Waals surface area (Å²) in [6.07, 6.45) is 3.24. The molecule has 0 saturated heterocycles. The Morgan fingerprint density at radius 2 is 2.07 bits per heavy atom. The highest BCUT2D eigenvalue weighted by molar-refractivity contribution is 7.89. The van der Waals surface area contributed by atoms with Gasteiger partial charge in [0.2, 0.25) is 10.0 Å². The number of fused-ring (bicyclic) bond motifs is 3. The van der Waals surface area contributed by atoms with E-state index in [9.17, 15) is 8.42 Å². The van der Waals surface area contributed by atoms with Crippen molar-refractivity contribution in [1.82, 2.24) is 19.3 Å². The number of aromatic nitrogens is 3. The van der Waals surface area contributed by atoms with E-state index in [1.165, 1.54) is 0 Å². The van der Waals surface area contributed by atoms with Crippen molar-refractivity contribution >= 4 is 37.8 Å². The normalized spacial score (nSPS) is 12.2. The maximum Gasteiger partial charge on any atom is 0.211 e. The summed E-state index contributed by atoms with van der Waals surface area (Å²) < 4.78 is 33.5. The molecule has 0 saturated carbocycles. The van der Waals surface area contributed by atoms with Gasteiger partial charge in [-0.05, 0) is 12.5 Å². The number of nitrogen functional groups attached to an aromatic ring is 1. The molecule has 2 heterocycles. The van der Waals surface area contributed by atoms with E-state index in [0.29, 0.717) is 37.5 Å². The SMILES string of the molecule is CCCCS(=O)(=O)NCCOCCn1cnc2c(N)nc3ccccc3c21. The summed E-state index contributed by atoms with van der Waals surface area (Å²) in [5.41, 5.74) is 8.46. The molecule has 1 aromatic carbocycles. The molecule has 3 N–H and O–H groups in total. The molecule has 0 spiro atoms. The minimum atomic E-state index is -3.20. The molecular weight excluding hydrogens is 366 g/mol. The number of sulfonamides is 1. The van der Waals surface area contributed by atoms with E-state index in [2.05, 4.69) is 14.7 Å². The molecule has 3 rings (SSSR count). The van der Waals surface area contributed by atoms with Crippen molar-refractivity contribution in [3.05, 3.63) is 30.6 Å². The fourth-order valence-electron chi connectivity index (χ4n) is 2.92. The summed E-state index contributed by atoms with van der Waals surface area (Å²) in [5.74, 6) is 0.567. The van der Waals surface area contributed by atoms with Crippen LogP contribution in [0.25, 0.3) is 21.9 Å². The second kappa shape index (κ2) is 8.64. The first-order chi connectivity index (χ1) is 13.0. The molecule has 0 unspecified atom stereocenters. The lowest BCUT2D eigenvalue weighted by atomic mass is 10.2. The van der Waals surface area contributed by atoms with E-state index in [0.717, 1.165) is 22.8 Å². The molecular formula is C18H25N5O3S. The van der Waals surface area contributed by atoms with Gasteiger partial charge in [0, 0.05) is 18.5 Å². The maximum absolute atomic E-state index is 11.7. The molecule has 0 atom stereocenters. The number of nitrogens with two attached hydrogens (primary N) is 1. The van der Waals surface area contributed by atoms with Gasteiger partial charge in [-0.2, -0.15) is 0 Å². The first-order valence-electron chi connectivity index (χ1n) is 9.06. The van der Waals surface area contributed by atoms with Crippen LogP contribution in [-0.2, 0) is 21.3 Å². The number of rotatable bonds is 10. The summed E-state index contributed by atoms with van der Waals surface area (Å²) in [6.45, 7) is 3.59. The van der Waals surface area contributed by atoms with Crippen molar-refractivity contribution in [1.29, 1.82) is 0 Å². The molecule has 0 aliphatic rings. The molecule has 9 heteroatoms. The van der Waals surface area contributed by atoms with E-state index in [1.54, 1.807) is 6.33 Å². The van der Waals surface area contributed by atoms with Crippen LogP contribution in [0.2, 0.25) is 0 Å². The van der Waals surface area contributed by atoms with Gasteiger partial charge >= 0.3 is 0 Å². The minimum absolute atomic E-state index is 0.160. The van der Waals surface area contributed by atoms with E-state index in [1.807, 2.05) is 35.8 Å².